The van der Waals surface area contributed by atoms with E-state index < -0.39 is 5.97 Å². The molecule has 0 aliphatic rings. The van der Waals surface area contributed by atoms with Crippen molar-refractivity contribution in [2.24, 2.45) is 0 Å². The number of nitrogens with zero attached hydrogens (tertiary/aromatic N) is 1. The van der Waals surface area contributed by atoms with Crippen molar-refractivity contribution >= 4 is 30.2 Å². The van der Waals surface area contributed by atoms with Gasteiger partial charge in [0.15, 0.2) is 5.78 Å². The van der Waals surface area contributed by atoms with E-state index in [2.05, 4.69) is 25.7 Å². The maximum absolute atomic E-state index is 12.7. The molecule has 0 fully saturated rings. The topological polar surface area (TPSA) is 74.3 Å². The summed E-state index contributed by atoms with van der Waals surface area (Å²) in [7, 11) is 4.48. The number of halogens is 1. The van der Waals surface area contributed by atoms with Crippen LogP contribution in [0.15, 0.2) is 42.5 Å². The predicted octanol–water partition coefficient (Wildman–Crippen LogP) is 5.30. The van der Waals surface area contributed by atoms with Crippen LogP contribution in [0.2, 0.25) is 0 Å². The molecule has 7 nitrogen and oxygen atoms in total. The maximum Gasteiger partial charge on any atom is 0.308 e. The number of esters is 1. The van der Waals surface area contributed by atoms with Gasteiger partial charge in [-0.2, -0.15) is 0 Å². The number of methoxy groups -OCH3 is 3. The smallest absolute Gasteiger partial charge is 0.308 e. The molecule has 2 aromatic carbocycles. The summed E-state index contributed by atoms with van der Waals surface area (Å²) in [5.74, 6) is 0.560. The molecular weight excluding hydrogens is 458 g/mol. The molecule has 0 unspecified atom stereocenters. The largest absolute Gasteiger partial charge is 0.497 e. The summed E-state index contributed by atoms with van der Waals surface area (Å²) in [5.41, 5.74) is 0.967. The van der Waals surface area contributed by atoms with E-state index in [0.29, 0.717) is 5.75 Å². The zero-order valence-corrected chi connectivity index (χ0v) is 21.9. The van der Waals surface area contributed by atoms with Crippen molar-refractivity contribution in [3.8, 4) is 23.0 Å². The van der Waals surface area contributed by atoms with Gasteiger partial charge >= 0.3 is 5.97 Å². The highest BCUT2D eigenvalue weighted by molar-refractivity contribution is 6.11. The summed E-state index contributed by atoms with van der Waals surface area (Å²) in [5, 5.41) is 0. The molecule has 0 heterocycles. The molecule has 0 saturated heterocycles. The van der Waals surface area contributed by atoms with Gasteiger partial charge in [0.2, 0.25) is 0 Å². The van der Waals surface area contributed by atoms with E-state index >= 15 is 0 Å². The minimum Gasteiger partial charge on any atom is -0.497 e. The molecule has 34 heavy (non-hydrogen) atoms. The SMILES string of the molecule is CCN(CC)CC.COc1ccc(C=CC(=O)c2c(OC)cc(OC)cc2OC(C)=O)cc1.Cl. The first-order valence-corrected chi connectivity index (χ1v) is 10.9. The van der Waals surface area contributed by atoms with Gasteiger partial charge < -0.3 is 23.8 Å². The molecule has 0 bridgehead atoms. The molecule has 0 saturated carbocycles. The molecule has 0 radical (unpaired) electrons. The number of hydrogen-bond donors (Lipinski definition) is 0. The van der Waals surface area contributed by atoms with E-state index in [0.717, 1.165) is 11.3 Å². The second-order valence-electron chi connectivity index (χ2n) is 6.89. The second-order valence-corrected chi connectivity index (χ2v) is 6.89. The van der Waals surface area contributed by atoms with Gasteiger partial charge in [-0.3, -0.25) is 9.59 Å². The van der Waals surface area contributed by atoms with E-state index in [1.165, 1.54) is 52.9 Å². The Kier molecular flexibility index (Phi) is 15.1. The van der Waals surface area contributed by atoms with Crippen LogP contribution in [0.1, 0.15) is 43.6 Å². The van der Waals surface area contributed by atoms with Gasteiger partial charge in [0.05, 0.1) is 21.3 Å². The van der Waals surface area contributed by atoms with Crippen LogP contribution in [-0.4, -0.2) is 57.6 Å². The predicted molar refractivity (Wildman–Crippen MR) is 138 cm³/mol. The number of carbonyl (C=O) groups is 2. The van der Waals surface area contributed by atoms with Crippen LogP contribution >= 0.6 is 12.4 Å². The fourth-order valence-corrected chi connectivity index (χ4v) is 2.96. The van der Waals surface area contributed by atoms with Crippen molar-refractivity contribution in [2.75, 3.05) is 41.0 Å². The van der Waals surface area contributed by atoms with Crippen LogP contribution in [0.5, 0.6) is 23.0 Å². The molecule has 188 valence electrons. The Morgan fingerprint density at radius 1 is 0.824 bits per heavy atom. The third kappa shape index (κ3) is 9.85. The summed E-state index contributed by atoms with van der Waals surface area (Å²) in [6, 6.07) is 10.3. The lowest BCUT2D eigenvalue weighted by Gasteiger charge is -2.13. The van der Waals surface area contributed by atoms with Crippen LogP contribution in [0.4, 0.5) is 0 Å². The summed E-state index contributed by atoms with van der Waals surface area (Å²) in [6.45, 7) is 11.4. The number of rotatable bonds is 10. The molecule has 0 aliphatic heterocycles. The third-order valence-electron chi connectivity index (χ3n) is 4.88. The van der Waals surface area contributed by atoms with Gasteiger partial charge in [0.1, 0.15) is 28.6 Å². The van der Waals surface area contributed by atoms with Crippen molar-refractivity contribution in [3.63, 3.8) is 0 Å². The lowest BCUT2D eigenvalue weighted by molar-refractivity contribution is -0.131. The first kappa shape index (κ1) is 31.0. The van der Waals surface area contributed by atoms with E-state index in [1.54, 1.807) is 31.4 Å². The van der Waals surface area contributed by atoms with Crippen molar-refractivity contribution < 1.29 is 28.5 Å². The van der Waals surface area contributed by atoms with Crippen molar-refractivity contribution in [3.05, 3.63) is 53.6 Å². The number of benzene rings is 2. The van der Waals surface area contributed by atoms with Crippen LogP contribution in [0.25, 0.3) is 6.08 Å². The highest BCUT2D eigenvalue weighted by atomic mass is 35.5. The number of ketones is 1. The van der Waals surface area contributed by atoms with E-state index in [9.17, 15) is 9.59 Å². The minimum atomic E-state index is -0.548. The highest BCUT2D eigenvalue weighted by Crippen LogP contribution is 2.35. The molecule has 0 atom stereocenters. The number of hydrogen-bond acceptors (Lipinski definition) is 7. The van der Waals surface area contributed by atoms with Gasteiger partial charge in [-0.05, 0) is 43.4 Å². The summed E-state index contributed by atoms with van der Waals surface area (Å²) in [4.78, 5) is 26.5. The van der Waals surface area contributed by atoms with Crippen molar-refractivity contribution in [1.29, 1.82) is 0 Å². The average molecular weight is 494 g/mol. The van der Waals surface area contributed by atoms with Crippen molar-refractivity contribution in [2.45, 2.75) is 27.7 Å². The highest BCUT2D eigenvalue weighted by Gasteiger charge is 2.20. The molecule has 0 spiro atoms. The molecule has 0 amide bonds. The molecule has 2 aromatic rings. The zero-order chi connectivity index (χ0) is 24.8. The Bertz CT molecular complexity index is 918. The molecule has 2 rings (SSSR count). The number of allylic oxidation sites excluding steroid dienone is 1. The van der Waals surface area contributed by atoms with Gasteiger partial charge in [0.25, 0.3) is 0 Å². The van der Waals surface area contributed by atoms with E-state index in [4.69, 9.17) is 18.9 Å². The Morgan fingerprint density at radius 2 is 1.35 bits per heavy atom. The molecular formula is C26H36ClNO6. The van der Waals surface area contributed by atoms with E-state index in [-0.39, 0.29) is 35.3 Å². The van der Waals surface area contributed by atoms with Gasteiger partial charge in [-0.15, -0.1) is 12.4 Å². The Balaban J connectivity index is 0.00000119. The van der Waals surface area contributed by atoms with Crippen LogP contribution in [0, 0.1) is 0 Å². The molecule has 0 aliphatic carbocycles. The lowest BCUT2D eigenvalue weighted by Crippen LogP contribution is -2.21. The molecule has 0 aromatic heterocycles. The van der Waals surface area contributed by atoms with Crippen molar-refractivity contribution in [1.82, 2.24) is 4.90 Å². The zero-order valence-electron chi connectivity index (χ0n) is 21.0. The van der Waals surface area contributed by atoms with Crippen LogP contribution < -0.4 is 18.9 Å². The number of ether oxygens (including phenoxy) is 4. The quantitative estimate of drug-likeness (QED) is 0.192. The molecule has 0 N–H and O–H groups in total. The summed E-state index contributed by atoms with van der Waals surface area (Å²) < 4.78 is 20.7. The molecule has 8 heteroatoms. The van der Waals surface area contributed by atoms with Gasteiger partial charge in [0, 0.05) is 19.1 Å². The summed E-state index contributed by atoms with van der Waals surface area (Å²) in [6.07, 6.45) is 3.04. The third-order valence-corrected chi connectivity index (χ3v) is 4.88. The first-order valence-electron chi connectivity index (χ1n) is 10.9. The minimum absolute atomic E-state index is 0. The lowest BCUT2D eigenvalue weighted by atomic mass is 10.1. The summed E-state index contributed by atoms with van der Waals surface area (Å²) >= 11 is 0. The number of carbonyl (C=O) groups excluding carboxylic acids is 2. The maximum atomic E-state index is 12.7. The van der Waals surface area contributed by atoms with Crippen LogP contribution in [0.3, 0.4) is 0 Å². The normalized spacial score (nSPS) is 10.1. The Morgan fingerprint density at radius 3 is 1.76 bits per heavy atom. The Hall–Kier alpha value is -3.03. The fourth-order valence-electron chi connectivity index (χ4n) is 2.96. The monoisotopic (exact) mass is 493 g/mol. The Labute approximate surface area is 209 Å². The second kappa shape index (κ2) is 16.6. The van der Waals surface area contributed by atoms with Gasteiger partial charge in [-0.1, -0.05) is 39.0 Å². The fraction of sp³-hybridized carbons (Fsp3) is 0.385. The standard InChI is InChI=1S/C20H20O6.C6H15N.ClH/c1-13(21)26-19-12-16(24-3)11-18(25-4)20(19)17(22)10-7-14-5-8-15(23-2)9-6-14;1-4-7(5-2)6-3;/h5-12H,1-4H3;4-6H2,1-3H3;1H. The first-order chi connectivity index (χ1) is 15.8. The van der Waals surface area contributed by atoms with E-state index in [1.807, 2.05) is 12.1 Å². The van der Waals surface area contributed by atoms with Gasteiger partial charge in [-0.25, -0.2) is 0 Å². The average Bonchev–Trinajstić information content (AvgIpc) is 2.83. The van der Waals surface area contributed by atoms with Crippen LogP contribution in [-0.2, 0) is 4.79 Å².